The van der Waals surface area contributed by atoms with Crippen LogP contribution < -0.4 is 0 Å². The first-order valence-corrected chi connectivity index (χ1v) is 4.88. The van der Waals surface area contributed by atoms with Crippen LogP contribution >= 0.6 is 0 Å². The molecule has 0 amide bonds. The summed E-state index contributed by atoms with van der Waals surface area (Å²) in [5.41, 5.74) is 0.0590. The van der Waals surface area contributed by atoms with E-state index in [1.54, 1.807) is 12.1 Å². The molecule has 0 fully saturated rings. The van der Waals surface area contributed by atoms with E-state index in [-0.39, 0.29) is 11.5 Å². The number of hydrogen-bond acceptors (Lipinski definition) is 4. The fraction of sp³-hybridized carbons (Fsp3) is 0.100. The molecule has 3 aromatic rings. The minimum absolute atomic E-state index is 0.0590. The molecule has 18 heavy (non-hydrogen) atoms. The van der Waals surface area contributed by atoms with Crippen LogP contribution in [0.15, 0.2) is 35.1 Å². The van der Waals surface area contributed by atoms with Crippen LogP contribution in [0.2, 0.25) is 0 Å². The number of furan rings is 1. The van der Waals surface area contributed by atoms with Crippen molar-refractivity contribution in [1.29, 1.82) is 0 Å². The van der Waals surface area contributed by atoms with Gasteiger partial charge in [0, 0.05) is 12.3 Å². The van der Waals surface area contributed by atoms with Gasteiger partial charge in [-0.15, -0.1) is 5.10 Å². The van der Waals surface area contributed by atoms with E-state index in [1.165, 1.54) is 18.5 Å². The Hall–Kier alpha value is -2.38. The van der Waals surface area contributed by atoms with Gasteiger partial charge in [-0.1, -0.05) is 0 Å². The van der Waals surface area contributed by atoms with E-state index >= 15 is 0 Å². The Balaban J connectivity index is 2.25. The number of hydrogen-bond donors (Lipinski definition) is 0. The monoisotopic (exact) mass is 254 g/mol. The van der Waals surface area contributed by atoms with Crippen LogP contribution in [-0.4, -0.2) is 19.6 Å². The van der Waals surface area contributed by atoms with Crippen molar-refractivity contribution in [3.05, 3.63) is 36.5 Å². The van der Waals surface area contributed by atoms with Gasteiger partial charge in [-0.3, -0.25) is 0 Å². The highest BCUT2D eigenvalue weighted by Gasteiger charge is 2.36. The molecule has 0 radical (unpaired) electrons. The number of halogens is 3. The van der Waals surface area contributed by atoms with Crippen LogP contribution in [0, 0.1) is 0 Å². The predicted molar refractivity (Wildman–Crippen MR) is 53.5 cm³/mol. The third kappa shape index (κ3) is 1.62. The van der Waals surface area contributed by atoms with E-state index in [4.69, 9.17) is 4.42 Å². The molecule has 0 saturated heterocycles. The Bertz CT molecular complexity index is 687. The zero-order valence-corrected chi connectivity index (χ0v) is 8.72. The average Bonchev–Trinajstić information content (AvgIpc) is 2.96. The molecule has 92 valence electrons. The van der Waals surface area contributed by atoms with Crippen molar-refractivity contribution < 1.29 is 17.6 Å². The first kappa shape index (κ1) is 10.8. The number of nitrogens with zero attached hydrogens (tertiary/aromatic N) is 4. The highest BCUT2D eigenvalue weighted by molar-refractivity contribution is 5.52. The van der Waals surface area contributed by atoms with Crippen molar-refractivity contribution in [3.63, 3.8) is 0 Å². The van der Waals surface area contributed by atoms with Gasteiger partial charge in [-0.2, -0.15) is 17.7 Å². The molecule has 0 atom stereocenters. The second-order valence-corrected chi connectivity index (χ2v) is 3.45. The molecule has 5 nitrogen and oxygen atoms in total. The van der Waals surface area contributed by atoms with E-state index in [9.17, 15) is 13.2 Å². The molecule has 0 aromatic carbocycles. The van der Waals surface area contributed by atoms with Crippen molar-refractivity contribution in [2.75, 3.05) is 0 Å². The zero-order chi connectivity index (χ0) is 12.8. The molecule has 3 heterocycles. The fourth-order valence-corrected chi connectivity index (χ4v) is 1.51. The summed E-state index contributed by atoms with van der Waals surface area (Å²) in [4.78, 5) is 7.34. The van der Waals surface area contributed by atoms with E-state index in [0.717, 1.165) is 4.52 Å². The first-order valence-electron chi connectivity index (χ1n) is 4.88. The molecule has 0 spiro atoms. The Kier molecular flexibility index (Phi) is 2.12. The number of aromatic nitrogens is 4. The second-order valence-electron chi connectivity index (χ2n) is 3.45. The van der Waals surface area contributed by atoms with Gasteiger partial charge >= 0.3 is 6.18 Å². The van der Waals surface area contributed by atoms with Crippen LogP contribution in [0.3, 0.4) is 0 Å². The Morgan fingerprint density at radius 3 is 2.72 bits per heavy atom. The van der Waals surface area contributed by atoms with E-state index in [2.05, 4.69) is 15.1 Å². The lowest BCUT2D eigenvalue weighted by Crippen LogP contribution is -2.08. The van der Waals surface area contributed by atoms with E-state index in [1.807, 2.05) is 0 Å². The maximum absolute atomic E-state index is 12.5. The van der Waals surface area contributed by atoms with Crippen LogP contribution in [0.1, 0.15) is 5.82 Å². The number of fused-ring (bicyclic) bond motifs is 1. The number of alkyl halides is 3. The maximum Gasteiger partial charge on any atom is 0.453 e. The smallest absolute Gasteiger partial charge is 0.453 e. The molecule has 3 aromatic heterocycles. The number of rotatable bonds is 1. The molecule has 3 rings (SSSR count). The third-order valence-electron chi connectivity index (χ3n) is 2.25. The zero-order valence-electron chi connectivity index (χ0n) is 8.72. The van der Waals surface area contributed by atoms with Crippen LogP contribution in [0.5, 0.6) is 0 Å². The van der Waals surface area contributed by atoms with Crippen molar-refractivity contribution in [2.45, 2.75) is 6.18 Å². The Morgan fingerprint density at radius 1 is 1.22 bits per heavy atom. The Morgan fingerprint density at radius 2 is 2.06 bits per heavy atom. The summed E-state index contributed by atoms with van der Waals surface area (Å²) in [5.74, 6) is -0.719. The lowest BCUT2D eigenvalue weighted by molar-refractivity contribution is -0.144. The van der Waals surface area contributed by atoms with Gasteiger partial charge < -0.3 is 4.42 Å². The minimum atomic E-state index is -4.59. The standard InChI is InChI=1S/C10H5F3N4O/c11-10(12,13)9-15-7-3-4-14-8(17(7)16-9)6-2-1-5-18-6/h1-5H. The van der Waals surface area contributed by atoms with E-state index < -0.39 is 12.0 Å². The minimum Gasteiger partial charge on any atom is -0.461 e. The van der Waals surface area contributed by atoms with Gasteiger partial charge in [-0.05, 0) is 12.1 Å². The molecule has 0 saturated carbocycles. The topological polar surface area (TPSA) is 56.2 Å². The molecule has 0 unspecified atom stereocenters. The van der Waals surface area contributed by atoms with Crippen molar-refractivity contribution in [3.8, 4) is 11.6 Å². The van der Waals surface area contributed by atoms with Crippen LogP contribution in [-0.2, 0) is 6.18 Å². The molecule has 8 heteroatoms. The quantitative estimate of drug-likeness (QED) is 0.669. The molecule has 0 aliphatic heterocycles. The summed E-state index contributed by atoms with van der Waals surface area (Å²) in [7, 11) is 0. The van der Waals surface area contributed by atoms with Crippen molar-refractivity contribution in [2.24, 2.45) is 0 Å². The largest absolute Gasteiger partial charge is 0.461 e. The maximum atomic E-state index is 12.5. The Labute approximate surface area is 97.9 Å². The highest BCUT2D eigenvalue weighted by atomic mass is 19.4. The lowest BCUT2D eigenvalue weighted by Gasteiger charge is -1.99. The SMILES string of the molecule is FC(F)(F)c1nc2ccnc(-c3ccco3)n2n1. The van der Waals surface area contributed by atoms with Crippen LogP contribution in [0.25, 0.3) is 17.2 Å². The third-order valence-corrected chi connectivity index (χ3v) is 2.25. The van der Waals surface area contributed by atoms with Gasteiger partial charge in [0.05, 0.1) is 6.26 Å². The molecular weight excluding hydrogens is 249 g/mol. The summed E-state index contributed by atoms with van der Waals surface area (Å²) < 4.78 is 43.6. The van der Waals surface area contributed by atoms with Gasteiger partial charge in [0.25, 0.3) is 5.82 Å². The van der Waals surface area contributed by atoms with Crippen molar-refractivity contribution in [1.82, 2.24) is 19.6 Å². The molecule has 0 aliphatic carbocycles. The summed E-state index contributed by atoms with van der Waals surface area (Å²) in [6, 6.07) is 4.53. The van der Waals surface area contributed by atoms with Crippen molar-refractivity contribution >= 4 is 5.65 Å². The summed E-state index contributed by atoms with van der Waals surface area (Å²) in [6.07, 6.45) is -1.84. The first-order chi connectivity index (χ1) is 8.55. The lowest BCUT2D eigenvalue weighted by atomic mass is 10.4. The molecule has 0 aliphatic rings. The van der Waals surface area contributed by atoms with Gasteiger partial charge in [0.2, 0.25) is 0 Å². The molecule has 0 bridgehead atoms. The van der Waals surface area contributed by atoms with Gasteiger partial charge in [-0.25, -0.2) is 9.97 Å². The average molecular weight is 254 g/mol. The predicted octanol–water partition coefficient (Wildman–Crippen LogP) is 2.40. The molecular formula is C10H5F3N4O. The molecule has 0 N–H and O–H groups in total. The van der Waals surface area contributed by atoms with E-state index in [0.29, 0.717) is 5.76 Å². The summed E-state index contributed by atoms with van der Waals surface area (Å²) in [5, 5.41) is 3.40. The second kappa shape index (κ2) is 3.56. The van der Waals surface area contributed by atoms with Crippen LogP contribution in [0.4, 0.5) is 13.2 Å². The normalized spacial score (nSPS) is 12.2. The highest BCUT2D eigenvalue weighted by Crippen LogP contribution is 2.27. The summed E-state index contributed by atoms with van der Waals surface area (Å²) >= 11 is 0. The van der Waals surface area contributed by atoms with Gasteiger partial charge in [0.1, 0.15) is 0 Å². The fourth-order valence-electron chi connectivity index (χ4n) is 1.51. The van der Waals surface area contributed by atoms with Gasteiger partial charge in [0.15, 0.2) is 17.2 Å². The summed E-state index contributed by atoms with van der Waals surface area (Å²) in [6.45, 7) is 0.